The van der Waals surface area contributed by atoms with Gasteiger partial charge in [-0.05, 0) is 49.9 Å². The van der Waals surface area contributed by atoms with Gasteiger partial charge in [0.15, 0.2) is 0 Å². The monoisotopic (exact) mass is 315 g/mol. The molecule has 2 fully saturated rings. The van der Waals surface area contributed by atoms with Crippen LogP contribution in [-0.4, -0.2) is 55.1 Å². The predicted molar refractivity (Wildman–Crippen MR) is 97.9 cm³/mol. The molecule has 0 bridgehead atoms. The van der Waals surface area contributed by atoms with Gasteiger partial charge in [0.05, 0.1) is 0 Å². The molecule has 1 aromatic carbocycles. The molecule has 0 radical (unpaired) electrons. The van der Waals surface area contributed by atoms with E-state index in [2.05, 4.69) is 53.2 Å². The van der Waals surface area contributed by atoms with Crippen LogP contribution in [0.1, 0.15) is 50.3 Å². The lowest BCUT2D eigenvalue weighted by Crippen LogP contribution is -2.53. The number of hydrogen-bond donors (Lipinski definition) is 1. The lowest BCUT2D eigenvalue weighted by molar-refractivity contribution is 0.0798. The zero-order chi connectivity index (χ0) is 16.1. The molecule has 0 saturated carbocycles. The van der Waals surface area contributed by atoms with E-state index in [9.17, 15) is 0 Å². The first kappa shape index (κ1) is 16.9. The molecule has 2 aliphatic heterocycles. The summed E-state index contributed by atoms with van der Waals surface area (Å²) < 4.78 is 0. The van der Waals surface area contributed by atoms with Gasteiger partial charge in [-0.1, -0.05) is 38.1 Å². The molecular formula is C20H33N3. The first-order valence-electron chi connectivity index (χ1n) is 9.59. The zero-order valence-corrected chi connectivity index (χ0v) is 14.9. The quantitative estimate of drug-likeness (QED) is 0.870. The maximum Gasteiger partial charge on any atom is 0.0479 e. The van der Waals surface area contributed by atoms with Gasteiger partial charge >= 0.3 is 0 Å². The molecule has 3 heteroatoms. The van der Waals surface area contributed by atoms with Crippen molar-refractivity contribution in [1.29, 1.82) is 0 Å². The molecule has 1 N–H and O–H groups in total. The number of likely N-dealkylation sites (tertiary alicyclic amines) is 1. The first-order chi connectivity index (χ1) is 11.3. The molecule has 0 aromatic heterocycles. The minimum atomic E-state index is 0.547. The molecule has 2 heterocycles. The highest BCUT2D eigenvalue weighted by Crippen LogP contribution is 2.28. The van der Waals surface area contributed by atoms with E-state index in [4.69, 9.17) is 0 Å². The highest BCUT2D eigenvalue weighted by Gasteiger charge is 2.30. The van der Waals surface area contributed by atoms with Crippen LogP contribution in [0, 0.1) is 0 Å². The van der Waals surface area contributed by atoms with Crippen LogP contribution in [0.15, 0.2) is 24.3 Å². The number of benzene rings is 1. The van der Waals surface area contributed by atoms with Crippen LogP contribution < -0.4 is 5.32 Å². The molecule has 23 heavy (non-hydrogen) atoms. The van der Waals surface area contributed by atoms with Gasteiger partial charge in [-0.3, -0.25) is 4.90 Å². The van der Waals surface area contributed by atoms with E-state index >= 15 is 0 Å². The summed E-state index contributed by atoms with van der Waals surface area (Å²) in [5.74, 6) is 0. The van der Waals surface area contributed by atoms with E-state index in [-0.39, 0.29) is 0 Å². The maximum atomic E-state index is 3.58. The number of nitrogens with one attached hydrogen (secondary N) is 1. The van der Waals surface area contributed by atoms with E-state index < -0.39 is 0 Å². The summed E-state index contributed by atoms with van der Waals surface area (Å²) in [4.78, 5) is 5.45. The van der Waals surface area contributed by atoms with Crippen LogP contribution in [0.25, 0.3) is 0 Å². The predicted octanol–water partition coefficient (Wildman–Crippen LogP) is 3.07. The van der Waals surface area contributed by atoms with Crippen LogP contribution in [0.2, 0.25) is 0 Å². The molecule has 1 aromatic rings. The van der Waals surface area contributed by atoms with Crippen LogP contribution in [0.3, 0.4) is 0 Å². The van der Waals surface area contributed by atoms with Crippen molar-refractivity contribution in [3.05, 3.63) is 35.4 Å². The van der Waals surface area contributed by atoms with Gasteiger partial charge in [-0.2, -0.15) is 0 Å². The Labute approximate surface area is 142 Å². The van der Waals surface area contributed by atoms with Crippen molar-refractivity contribution in [1.82, 2.24) is 15.1 Å². The Morgan fingerprint density at radius 2 is 1.83 bits per heavy atom. The van der Waals surface area contributed by atoms with E-state index in [1.54, 1.807) is 0 Å². The number of piperazine rings is 1. The minimum Gasteiger partial charge on any atom is -0.314 e. The topological polar surface area (TPSA) is 18.5 Å². The number of aryl methyl sites for hydroxylation is 1. The SMILES string of the molecule is CCc1ccc(C(CN2CCCC2)N2CCNCC2CC)cc1. The zero-order valence-electron chi connectivity index (χ0n) is 14.9. The normalized spacial score (nSPS) is 24.9. The van der Waals surface area contributed by atoms with Crippen molar-refractivity contribution < 1.29 is 0 Å². The maximum absolute atomic E-state index is 3.58. The molecule has 0 amide bonds. The minimum absolute atomic E-state index is 0.547. The molecule has 2 aliphatic rings. The summed E-state index contributed by atoms with van der Waals surface area (Å²) in [6.07, 6.45) is 5.11. The fourth-order valence-electron chi connectivity index (χ4n) is 4.15. The molecule has 128 valence electrons. The second kappa shape index (κ2) is 8.27. The molecular weight excluding hydrogens is 282 g/mol. The fraction of sp³-hybridized carbons (Fsp3) is 0.700. The fourth-order valence-corrected chi connectivity index (χ4v) is 4.15. The van der Waals surface area contributed by atoms with Crippen molar-refractivity contribution in [3.8, 4) is 0 Å². The summed E-state index contributed by atoms with van der Waals surface area (Å²) in [5, 5.41) is 3.58. The molecule has 0 spiro atoms. The Balaban J connectivity index is 1.81. The Morgan fingerprint density at radius 3 is 2.48 bits per heavy atom. The summed E-state index contributed by atoms with van der Waals surface area (Å²) in [7, 11) is 0. The lowest BCUT2D eigenvalue weighted by atomic mass is 9.98. The van der Waals surface area contributed by atoms with Gasteiger partial charge in [0.1, 0.15) is 0 Å². The van der Waals surface area contributed by atoms with Gasteiger partial charge in [-0.15, -0.1) is 0 Å². The summed E-state index contributed by atoms with van der Waals surface area (Å²) in [6, 6.07) is 10.6. The highest BCUT2D eigenvalue weighted by atomic mass is 15.3. The van der Waals surface area contributed by atoms with Crippen LogP contribution in [-0.2, 0) is 6.42 Å². The standard InChI is InChI=1S/C20H33N3/c1-3-17-7-9-18(10-8-17)20(16-22-12-5-6-13-22)23-14-11-21-15-19(23)4-2/h7-10,19-21H,3-6,11-16H2,1-2H3. The first-order valence-corrected chi connectivity index (χ1v) is 9.59. The number of nitrogens with zero attached hydrogens (tertiary/aromatic N) is 2. The average Bonchev–Trinajstić information content (AvgIpc) is 3.13. The smallest absolute Gasteiger partial charge is 0.0479 e. The van der Waals surface area contributed by atoms with Gasteiger partial charge in [0.25, 0.3) is 0 Å². The lowest BCUT2D eigenvalue weighted by Gasteiger charge is -2.43. The summed E-state index contributed by atoms with van der Waals surface area (Å²) in [5.41, 5.74) is 2.95. The van der Waals surface area contributed by atoms with Crippen LogP contribution >= 0.6 is 0 Å². The van der Waals surface area contributed by atoms with Crippen LogP contribution in [0.5, 0.6) is 0 Å². The molecule has 3 rings (SSSR count). The third kappa shape index (κ3) is 4.14. The second-order valence-corrected chi connectivity index (χ2v) is 7.12. The summed E-state index contributed by atoms with van der Waals surface area (Å²) in [6.45, 7) is 11.8. The van der Waals surface area contributed by atoms with Crippen molar-refractivity contribution in [3.63, 3.8) is 0 Å². The number of hydrogen-bond acceptors (Lipinski definition) is 3. The van der Waals surface area contributed by atoms with E-state index in [0.717, 1.165) is 19.5 Å². The Hall–Kier alpha value is -0.900. The molecule has 0 aliphatic carbocycles. The average molecular weight is 316 g/mol. The molecule has 2 unspecified atom stereocenters. The van der Waals surface area contributed by atoms with Gasteiger partial charge < -0.3 is 10.2 Å². The van der Waals surface area contributed by atoms with Crippen molar-refractivity contribution in [2.75, 3.05) is 39.3 Å². The van der Waals surface area contributed by atoms with E-state index in [1.165, 1.54) is 56.6 Å². The third-order valence-electron chi connectivity index (χ3n) is 5.67. The number of rotatable bonds is 6. The molecule has 2 saturated heterocycles. The Kier molecular flexibility index (Phi) is 6.09. The second-order valence-electron chi connectivity index (χ2n) is 7.12. The van der Waals surface area contributed by atoms with Gasteiger partial charge in [0.2, 0.25) is 0 Å². The van der Waals surface area contributed by atoms with E-state index in [0.29, 0.717) is 12.1 Å². The molecule has 3 nitrogen and oxygen atoms in total. The van der Waals surface area contributed by atoms with Crippen molar-refractivity contribution in [2.45, 2.75) is 51.6 Å². The highest BCUT2D eigenvalue weighted by molar-refractivity contribution is 5.26. The van der Waals surface area contributed by atoms with Gasteiger partial charge in [0, 0.05) is 38.3 Å². The molecule has 2 atom stereocenters. The van der Waals surface area contributed by atoms with Crippen molar-refractivity contribution >= 4 is 0 Å². The summed E-state index contributed by atoms with van der Waals surface area (Å²) >= 11 is 0. The third-order valence-corrected chi connectivity index (χ3v) is 5.67. The van der Waals surface area contributed by atoms with Crippen LogP contribution in [0.4, 0.5) is 0 Å². The Morgan fingerprint density at radius 1 is 1.09 bits per heavy atom. The van der Waals surface area contributed by atoms with Crippen molar-refractivity contribution in [2.24, 2.45) is 0 Å². The Bertz CT molecular complexity index is 464. The van der Waals surface area contributed by atoms with Gasteiger partial charge in [-0.25, -0.2) is 0 Å². The largest absolute Gasteiger partial charge is 0.314 e. The van der Waals surface area contributed by atoms with E-state index in [1.807, 2.05) is 0 Å².